The van der Waals surface area contributed by atoms with Gasteiger partial charge in [0.15, 0.2) is 0 Å². The van der Waals surface area contributed by atoms with Crippen LogP contribution in [0.4, 0.5) is 11.4 Å². The average molecular weight is 351 g/mol. The molecule has 1 heterocycles. The van der Waals surface area contributed by atoms with Gasteiger partial charge in [0.05, 0.1) is 0 Å². The molecule has 1 saturated heterocycles. The summed E-state index contributed by atoms with van der Waals surface area (Å²) in [7, 11) is 0. The lowest BCUT2D eigenvalue weighted by atomic mass is 10.1. The van der Waals surface area contributed by atoms with Crippen LogP contribution in [0.25, 0.3) is 0 Å². The Hall–Kier alpha value is -3.15. The maximum atomic E-state index is 12.2. The molecule has 3 amide bonds. The minimum Gasteiger partial charge on any atom is -0.348 e. The third-order valence-corrected chi connectivity index (χ3v) is 4.24. The van der Waals surface area contributed by atoms with Crippen LogP contribution in [0.2, 0.25) is 0 Å². The molecular formula is C20H21N3O3. The highest BCUT2D eigenvalue weighted by atomic mass is 16.2. The minimum atomic E-state index is -0.182. The van der Waals surface area contributed by atoms with Crippen LogP contribution in [-0.4, -0.2) is 24.3 Å². The first-order valence-electron chi connectivity index (χ1n) is 8.58. The number of carbonyl (C=O) groups excluding carboxylic acids is 3. The standard InChI is InChI=1S/C20H21N3O3/c1-14(24)22-17-8-6-16(7-9-17)20(26)21-13-15-4-10-18(11-5-15)23-12-2-3-19(23)25/h4-11H,2-3,12-13H2,1H3,(H,21,26)(H,22,24). The van der Waals surface area contributed by atoms with Crippen molar-refractivity contribution < 1.29 is 14.4 Å². The van der Waals surface area contributed by atoms with Gasteiger partial charge in [0.1, 0.15) is 0 Å². The Bertz CT molecular complexity index is 813. The van der Waals surface area contributed by atoms with Gasteiger partial charge in [-0.05, 0) is 48.4 Å². The lowest BCUT2D eigenvalue weighted by molar-refractivity contribution is -0.117. The Morgan fingerprint density at radius 3 is 2.31 bits per heavy atom. The number of benzene rings is 2. The van der Waals surface area contributed by atoms with E-state index in [1.54, 1.807) is 29.2 Å². The highest BCUT2D eigenvalue weighted by Crippen LogP contribution is 2.21. The molecule has 0 saturated carbocycles. The summed E-state index contributed by atoms with van der Waals surface area (Å²) >= 11 is 0. The minimum absolute atomic E-state index is 0.152. The first kappa shape index (κ1) is 17.7. The second-order valence-corrected chi connectivity index (χ2v) is 6.26. The van der Waals surface area contributed by atoms with E-state index in [1.807, 2.05) is 24.3 Å². The normalized spacial score (nSPS) is 13.6. The van der Waals surface area contributed by atoms with Gasteiger partial charge in [0.2, 0.25) is 11.8 Å². The highest BCUT2D eigenvalue weighted by Gasteiger charge is 2.21. The molecule has 2 aromatic rings. The second-order valence-electron chi connectivity index (χ2n) is 6.26. The first-order chi connectivity index (χ1) is 12.5. The summed E-state index contributed by atoms with van der Waals surface area (Å²) in [5.74, 6) is -0.173. The summed E-state index contributed by atoms with van der Waals surface area (Å²) < 4.78 is 0. The number of anilines is 2. The molecule has 0 radical (unpaired) electrons. The summed E-state index contributed by atoms with van der Waals surface area (Å²) in [6.07, 6.45) is 1.51. The number of nitrogens with zero attached hydrogens (tertiary/aromatic N) is 1. The van der Waals surface area contributed by atoms with Gasteiger partial charge in [-0.25, -0.2) is 0 Å². The summed E-state index contributed by atoms with van der Waals surface area (Å²) in [6, 6.07) is 14.4. The molecule has 3 rings (SSSR count). The lowest BCUT2D eigenvalue weighted by Gasteiger charge is -2.16. The third-order valence-electron chi connectivity index (χ3n) is 4.24. The monoisotopic (exact) mass is 351 g/mol. The van der Waals surface area contributed by atoms with E-state index < -0.39 is 0 Å². The summed E-state index contributed by atoms with van der Waals surface area (Å²) in [6.45, 7) is 2.61. The van der Waals surface area contributed by atoms with E-state index >= 15 is 0 Å². The fourth-order valence-electron chi connectivity index (χ4n) is 2.91. The number of hydrogen-bond acceptors (Lipinski definition) is 3. The zero-order chi connectivity index (χ0) is 18.5. The van der Waals surface area contributed by atoms with Crippen molar-refractivity contribution in [3.63, 3.8) is 0 Å². The van der Waals surface area contributed by atoms with E-state index in [-0.39, 0.29) is 17.7 Å². The predicted molar refractivity (Wildman–Crippen MR) is 99.9 cm³/mol. The molecule has 6 heteroatoms. The van der Waals surface area contributed by atoms with Crippen molar-refractivity contribution in [1.82, 2.24) is 5.32 Å². The van der Waals surface area contributed by atoms with Gasteiger partial charge in [-0.2, -0.15) is 0 Å². The van der Waals surface area contributed by atoms with Gasteiger partial charge in [-0.15, -0.1) is 0 Å². The Labute approximate surface area is 152 Å². The number of hydrogen-bond donors (Lipinski definition) is 2. The van der Waals surface area contributed by atoms with Crippen LogP contribution < -0.4 is 15.5 Å². The molecule has 1 aliphatic rings. The molecular weight excluding hydrogens is 330 g/mol. The van der Waals surface area contributed by atoms with E-state index in [0.717, 1.165) is 24.2 Å². The molecule has 0 atom stereocenters. The van der Waals surface area contributed by atoms with E-state index in [2.05, 4.69) is 10.6 Å². The molecule has 0 aliphatic carbocycles. The van der Waals surface area contributed by atoms with Gasteiger partial charge in [0.25, 0.3) is 5.91 Å². The fourth-order valence-corrected chi connectivity index (χ4v) is 2.91. The molecule has 6 nitrogen and oxygen atoms in total. The smallest absolute Gasteiger partial charge is 0.251 e. The van der Waals surface area contributed by atoms with Crippen molar-refractivity contribution in [3.8, 4) is 0 Å². The zero-order valence-corrected chi connectivity index (χ0v) is 14.6. The van der Waals surface area contributed by atoms with Crippen LogP contribution in [0.1, 0.15) is 35.7 Å². The van der Waals surface area contributed by atoms with Crippen molar-refractivity contribution >= 4 is 29.1 Å². The zero-order valence-electron chi connectivity index (χ0n) is 14.6. The SMILES string of the molecule is CC(=O)Nc1ccc(C(=O)NCc2ccc(N3CCCC3=O)cc2)cc1. The molecule has 2 N–H and O–H groups in total. The van der Waals surface area contributed by atoms with Gasteiger partial charge < -0.3 is 15.5 Å². The van der Waals surface area contributed by atoms with Crippen LogP contribution in [0.15, 0.2) is 48.5 Å². The number of nitrogens with one attached hydrogen (secondary N) is 2. The summed E-state index contributed by atoms with van der Waals surface area (Å²) in [5, 5.41) is 5.53. The Morgan fingerprint density at radius 1 is 1.04 bits per heavy atom. The van der Waals surface area contributed by atoms with Crippen LogP contribution in [0.5, 0.6) is 0 Å². The molecule has 1 fully saturated rings. The van der Waals surface area contributed by atoms with Gasteiger partial charge in [-0.3, -0.25) is 14.4 Å². The van der Waals surface area contributed by atoms with Crippen LogP contribution in [0.3, 0.4) is 0 Å². The van der Waals surface area contributed by atoms with E-state index in [1.165, 1.54) is 6.92 Å². The highest BCUT2D eigenvalue weighted by molar-refractivity contribution is 5.96. The van der Waals surface area contributed by atoms with Crippen LogP contribution >= 0.6 is 0 Å². The Balaban J connectivity index is 1.55. The van der Waals surface area contributed by atoms with Crippen LogP contribution in [0, 0.1) is 0 Å². The largest absolute Gasteiger partial charge is 0.348 e. The van der Waals surface area contributed by atoms with E-state index in [4.69, 9.17) is 0 Å². The predicted octanol–water partition coefficient (Wildman–Crippen LogP) is 2.70. The molecule has 0 bridgehead atoms. The number of carbonyl (C=O) groups is 3. The maximum Gasteiger partial charge on any atom is 0.251 e. The topological polar surface area (TPSA) is 78.5 Å². The summed E-state index contributed by atoms with van der Waals surface area (Å²) in [5.41, 5.74) is 3.04. The lowest BCUT2D eigenvalue weighted by Crippen LogP contribution is -2.24. The van der Waals surface area contributed by atoms with Crippen molar-refractivity contribution in [1.29, 1.82) is 0 Å². The first-order valence-corrected chi connectivity index (χ1v) is 8.58. The van der Waals surface area contributed by atoms with Crippen molar-refractivity contribution in [2.75, 3.05) is 16.8 Å². The fraction of sp³-hybridized carbons (Fsp3) is 0.250. The molecule has 26 heavy (non-hydrogen) atoms. The Kier molecular flexibility index (Phi) is 5.31. The van der Waals surface area contributed by atoms with Gasteiger partial charge >= 0.3 is 0 Å². The number of rotatable bonds is 5. The molecule has 2 aromatic carbocycles. The molecule has 134 valence electrons. The third kappa shape index (κ3) is 4.27. The molecule has 0 unspecified atom stereocenters. The Morgan fingerprint density at radius 2 is 1.73 bits per heavy atom. The van der Waals surface area contributed by atoms with E-state index in [0.29, 0.717) is 24.2 Å². The van der Waals surface area contributed by atoms with Crippen molar-refractivity contribution in [3.05, 3.63) is 59.7 Å². The average Bonchev–Trinajstić information content (AvgIpc) is 3.06. The van der Waals surface area contributed by atoms with Crippen molar-refractivity contribution in [2.45, 2.75) is 26.3 Å². The van der Waals surface area contributed by atoms with Crippen LogP contribution in [-0.2, 0) is 16.1 Å². The molecule has 0 spiro atoms. The van der Waals surface area contributed by atoms with Gasteiger partial charge in [-0.1, -0.05) is 12.1 Å². The van der Waals surface area contributed by atoms with Gasteiger partial charge in [0, 0.05) is 43.4 Å². The number of amides is 3. The molecule has 0 aromatic heterocycles. The maximum absolute atomic E-state index is 12.2. The quantitative estimate of drug-likeness (QED) is 0.869. The van der Waals surface area contributed by atoms with Crippen molar-refractivity contribution in [2.24, 2.45) is 0 Å². The summed E-state index contributed by atoms with van der Waals surface area (Å²) in [4.78, 5) is 36.8. The van der Waals surface area contributed by atoms with E-state index in [9.17, 15) is 14.4 Å². The second kappa shape index (κ2) is 7.82. The molecule has 1 aliphatic heterocycles.